The van der Waals surface area contributed by atoms with Gasteiger partial charge in [0.25, 0.3) is 0 Å². The summed E-state index contributed by atoms with van der Waals surface area (Å²) in [5.74, 6) is 0. The molecule has 0 N–H and O–H groups in total. The van der Waals surface area contributed by atoms with Gasteiger partial charge in [-0.1, -0.05) is 0 Å². The number of carbonyl (C=O) groups excluding carboxylic acids is 1. The average molecular weight is 127 g/mol. The summed E-state index contributed by atoms with van der Waals surface area (Å²) in [4.78, 5) is 9.84. The minimum absolute atomic E-state index is 0.317. The first-order valence-corrected chi connectivity index (χ1v) is 2.76. The molecule has 0 atom stereocenters. The van der Waals surface area contributed by atoms with E-state index in [1.54, 1.807) is 0 Å². The van der Waals surface area contributed by atoms with Crippen LogP contribution in [0.2, 0.25) is 0 Å². The van der Waals surface area contributed by atoms with E-state index in [1.165, 1.54) is 18.6 Å². The molecule has 0 aliphatic carbocycles. The fourth-order valence-electron chi connectivity index (χ4n) is 0. The number of hydrogen-bond donors (Lipinski definition) is 0. The number of hydrogen-bond acceptors (Lipinski definition) is 1. The summed E-state index contributed by atoms with van der Waals surface area (Å²) in [5.41, 5.74) is 0. The molecule has 1 nitrogen and oxygen atoms in total. The topological polar surface area (TPSA) is 17.1 Å². The summed E-state index contributed by atoms with van der Waals surface area (Å²) in [6.45, 7) is 1.87. The van der Waals surface area contributed by atoms with Gasteiger partial charge in [-0.15, -0.1) is 0 Å². The molecule has 0 saturated carbocycles. The molecular formula is C3H5GaO. The molecule has 2 radical (unpaired) electrons. The number of rotatable bonds is 1. The third kappa shape index (κ3) is 4.31. The van der Waals surface area contributed by atoms with Crippen molar-refractivity contribution in [1.29, 1.82) is 0 Å². The van der Waals surface area contributed by atoms with E-state index >= 15 is 0 Å². The zero-order chi connectivity index (χ0) is 4.28. The Morgan fingerprint density at radius 3 is 2.20 bits per heavy atom. The van der Waals surface area contributed by atoms with Crippen LogP contribution in [-0.2, 0) is 4.79 Å². The second-order valence-electron chi connectivity index (χ2n) is 0.820. The summed E-state index contributed by atoms with van der Waals surface area (Å²) >= 11 is 1.20. The van der Waals surface area contributed by atoms with Crippen LogP contribution >= 0.6 is 0 Å². The predicted molar refractivity (Wildman–Crippen MR) is 21.1 cm³/mol. The van der Waals surface area contributed by atoms with Crippen molar-refractivity contribution < 1.29 is 4.79 Å². The zero-order valence-electron chi connectivity index (χ0n) is 3.19. The van der Waals surface area contributed by atoms with Crippen LogP contribution in [-0.4, -0.2) is 22.9 Å². The van der Waals surface area contributed by atoms with Crippen molar-refractivity contribution in [3.8, 4) is 0 Å². The van der Waals surface area contributed by atoms with Crippen molar-refractivity contribution in [3.05, 3.63) is 0 Å². The molecule has 0 unspecified atom stereocenters. The molecule has 0 saturated heterocycles. The van der Waals surface area contributed by atoms with Gasteiger partial charge in [0, 0.05) is 0 Å². The molecule has 0 aromatic rings. The normalized spacial score (nSPS) is 7.40. The second kappa shape index (κ2) is 2.54. The molecule has 0 rings (SSSR count). The molecule has 0 aliphatic rings. The predicted octanol–water partition coefficient (Wildman–Crippen LogP) is 0.0915. The molecule has 0 aromatic carbocycles. The van der Waals surface area contributed by atoms with Gasteiger partial charge >= 0.3 is 41.1 Å². The molecule has 5 heavy (non-hydrogen) atoms. The van der Waals surface area contributed by atoms with E-state index in [9.17, 15) is 4.79 Å². The zero-order valence-corrected chi connectivity index (χ0v) is 5.62. The Bertz CT molecular complexity index is 42.2. The van der Waals surface area contributed by atoms with E-state index in [-0.39, 0.29) is 0 Å². The Morgan fingerprint density at radius 2 is 2.20 bits per heavy atom. The van der Waals surface area contributed by atoms with Crippen molar-refractivity contribution in [2.75, 3.05) is 0 Å². The molecule has 0 amide bonds. The van der Waals surface area contributed by atoms with E-state index in [0.717, 1.165) is 0 Å². The van der Waals surface area contributed by atoms with Crippen molar-refractivity contribution in [1.82, 2.24) is 0 Å². The summed E-state index contributed by atoms with van der Waals surface area (Å²) < 4.78 is 0.317. The van der Waals surface area contributed by atoms with Crippen molar-refractivity contribution >= 4 is 22.9 Å². The van der Waals surface area contributed by atoms with E-state index in [4.69, 9.17) is 0 Å². The van der Waals surface area contributed by atoms with Gasteiger partial charge in [-0.3, -0.25) is 0 Å². The second-order valence-corrected chi connectivity index (χ2v) is 2.17. The summed E-state index contributed by atoms with van der Waals surface area (Å²) in [6.07, 6.45) is 0.694. The maximum absolute atomic E-state index is 9.84. The summed E-state index contributed by atoms with van der Waals surface area (Å²) in [5, 5.41) is 0. The van der Waals surface area contributed by atoms with Crippen LogP contribution in [0.5, 0.6) is 0 Å². The maximum atomic E-state index is 9.84. The van der Waals surface area contributed by atoms with Crippen molar-refractivity contribution in [2.45, 2.75) is 13.3 Å². The van der Waals surface area contributed by atoms with Gasteiger partial charge in [0.05, 0.1) is 0 Å². The SMILES string of the molecule is CC[C](=O)[Ga]. The van der Waals surface area contributed by atoms with Gasteiger partial charge in [0.2, 0.25) is 0 Å². The monoisotopic (exact) mass is 126 g/mol. The quantitative estimate of drug-likeness (QED) is 0.456. The van der Waals surface area contributed by atoms with E-state index in [1.807, 2.05) is 6.92 Å². The first-order chi connectivity index (χ1) is 2.27. The van der Waals surface area contributed by atoms with Gasteiger partial charge < -0.3 is 0 Å². The van der Waals surface area contributed by atoms with E-state index in [2.05, 4.69) is 0 Å². The van der Waals surface area contributed by atoms with Crippen LogP contribution in [0, 0.1) is 0 Å². The first-order valence-electron chi connectivity index (χ1n) is 1.55. The standard InChI is InChI=1S/C3H5O.Ga/c1-2-3-4;/h2H2,1H3;. The molecule has 26 valence electrons. The molecule has 0 heterocycles. The molecule has 0 bridgehead atoms. The van der Waals surface area contributed by atoms with Gasteiger partial charge in [0.15, 0.2) is 0 Å². The Labute approximate surface area is 41.7 Å². The summed E-state index contributed by atoms with van der Waals surface area (Å²) in [7, 11) is 0. The fourth-order valence-corrected chi connectivity index (χ4v) is 0. The Balaban J connectivity index is 2.85. The average Bonchev–Trinajstić information content (AvgIpc) is 1.38. The fraction of sp³-hybridized carbons (Fsp3) is 0.667. The number of carbonyl (C=O) groups is 1. The molecular weight excluding hydrogens is 122 g/mol. The molecule has 0 spiro atoms. The van der Waals surface area contributed by atoms with Gasteiger partial charge in [-0.25, -0.2) is 0 Å². The van der Waals surface area contributed by atoms with Crippen molar-refractivity contribution in [2.24, 2.45) is 0 Å². The minimum atomic E-state index is 0.317. The summed E-state index contributed by atoms with van der Waals surface area (Å²) in [6, 6.07) is 0. The van der Waals surface area contributed by atoms with Crippen LogP contribution in [0.25, 0.3) is 0 Å². The van der Waals surface area contributed by atoms with E-state index in [0.29, 0.717) is 10.8 Å². The third-order valence-electron chi connectivity index (χ3n) is 0.348. The Kier molecular flexibility index (Phi) is 2.69. The van der Waals surface area contributed by atoms with Crippen LogP contribution in [0.3, 0.4) is 0 Å². The molecule has 0 fully saturated rings. The van der Waals surface area contributed by atoms with Crippen molar-refractivity contribution in [3.63, 3.8) is 0 Å². The van der Waals surface area contributed by atoms with Gasteiger partial charge in [0.1, 0.15) is 0 Å². The first kappa shape index (κ1) is 5.31. The van der Waals surface area contributed by atoms with Crippen LogP contribution < -0.4 is 0 Å². The Hall–Kier alpha value is 0.306. The third-order valence-corrected chi connectivity index (χ3v) is 1.20. The Morgan fingerprint density at radius 1 is 2.00 bits per heavy atom. The molecule has 0 aromatic heterocycles. The molecule has 0 aliphatic heterocycles. The van der Waals surface area contributed by atoms with Gasteiger partial charge in [-0.05, 0) is 0 Å². The van der Waals surface area contributed by atoms with Crippen LogP contribution in [0.4, 0.5) is 0 Å². The van der Waals surface area contributed by atoms with Crippen LogP contribution in [0.1, 0.15) is 13.3 Å². The van der Waals surface area contributed by atoms with Crippen LogP contribution in [0.15, 0.2) is 0 Å². The van der Waals surface area contributed by atoms with E-state index < -0.39 is 0 Å². The molecule has 2 heteroatoms. The van der Waals surface area contributed by atoms with Gasteiger partial charge in [-0.2, -0.15) is 0 Å².